The van der Waals surface area contributed by atoms with Crippen molar-refractivity contribution in [2.75, 3.05) is 18.9 Å². The van der Waals surface area contributed by atoms with E-state index in [1.54, 1.807) is 0 Å². The Morgan fingerprint density at radius 3 is 2.75 bits per heavy atom. The van der Waals surface area contributed by atoms with Crippen LogP contribution in [0.15, 0.2) is 28.7 Å². The van der Waals surface area contributed by atoms with Gasteiger partial charge in [-0.2, -0.15) is 0 Å². The van der Waals surface area contributed by atoms with Crippen molar-refractivity contribution >= 4 is 38.6 Å². The molecule has 5 heteroatoms. The third kappa shape index (κ3) is 3.78. The Morgan fingerprint density at radius 1 is 1.38 bits per heavy atom. The van der Waals surface area contributed by atoms with E-state index in [1.807, 2.05) is 19.2 Å². The molecule has 1 heterocycles. The molecule has 3 rings (SSSR count). The van der Waals surface area contributed by atoms with Crippen LogP contribution in [0.4, 0.5) is 5.82 Å². The Labute approximate surface area is 151 Å². The zero-order valence-corrected chi connectivity index (χ0v) is 16.1. The number of hydrogen-bond acceptors (Lipinski definition) is 3. The Kier molecular flexibility index (Phi) is 5.21. The maximum absolute atomic E-state index is 12.4. The summed E-state index contributed by atoms with van der Waals surface area (Å²) in [4.78, 5) is 19.3. The predicted molar refractivity (Wildman–Crippen MR) is 102 cm³/mol. The molecule has 0 spiro atoms. The first-order chi connectivity index (χ1) is 11.4. The third-order valence-electron chi connectivity index (χ3n) is 4.78. The van der Waals surface area contributed by atoms with E-state index in [4.69, 9.17) is 4.98 Å². The van der Waals surface area contributed by atoms with Crippen molar-refractivity contribution < 1.29 is 4.79 Å². The van der Waals surface area contributed by atoms with Gasteiger partial charge in [-0.05, 0) is 55.6 Å². The molecule has 0 unspecified atom stereocenters. The number of pyridine rings is 1. The van der Waals surface area contributed by atoms with Crippen molar-refractivity contribution in [1.29, 1.82) is 0 Å². The monoisotopic (exact) mass is 389 g/mol. The van der Waals surface area contributed by atoms with Gasteiger partial charge in [-0.25, -0.2) is 4.98 Å². The fraction of sp³-hybridized carbons (Fsp3) is 0.474. The van der Waals surface area contributed by atoms with Crippen LogP contribution in [0, 0.1) is 0 Å². The molecule has 0 radical (unpaired) electrons. The number of nitrogens with one attached hydrogen (secondary N) is 1. The molecule has 24 heavy (non-hydrogen) atoms. The van der Waals surface area contributed by atoms with E-state index < -0.39 is 0 Å². The quantitative estimate of drug-likeness (QED) is 0.815. The van der Waals surface area contributed by atoms with Gasteiger partial charge in [0.25, 0.3) is 0 Å². The Balaban J connectivity index is 1.82. The number of carbonyl (C=O) groups excluding carboxylic acids is 1. The lowest BCUT2D eigenvalue weighted by Crippen LogP contribution is -2.41. The second-order valence-electron chi connectivity index (χ2n) is 6.97. The molecule has 1 aromatic carbocycles. The SMILES string of the molecule is CC(C)c1cc2cc(Br)ccc2nc1NC(=O)CN(C)C1CCC1. The van der Waals surface area contributed by atoms with Gasteiger partial charge in [0.15, 0.2) is 0 Å². The van der Waals surface area contributed by atoms with Gasteiger partial charge in [0.1, 0.15) is 5.82 Å². The minimum Gasteiger partial charge on any atom is -0.309 e. The first-order valence-electron chi connectivity index (χ1n) is 8.54. The first kappa shape index (κ1) is 17.4. The molecule has 0 saturated heterocycles. The molecule has 128 valence electrons. The summed E-state index contributed by atoms with van der Waals surface area (Å²) in [5, 5.41) is 4.11. The van der Waals surface area contributed by atoms with E-state index >= 15 is 0 Å². The highest BCUT2D eigenvalue weighted by molar-refractivity contribution is 9.10. The van der Waals surface area contributed by atoms with Crippen molar-refractivity contribution in [1.82, 2.24) is 9.88 Å². The van der Waals surface area contributed by atoms with E-state index in [-0.39, 0.29) is 5.91 Å². The number of nitrogens with zero attached hydrogens (tertiary/aromatic N) is 2. The first-order valence-corrected chi connectivity index (χ1v) is 9.33. The van der Waals surface area contributed by atoms with Gasteiger partial charge in [-0.3, -0.25) is 9.69 Å². The average molecular weight is 390 g/mol. The summed E-state index contributed by atoms with van der Waals surface area (Å²) in [7, 11) is 2.03. The summed E-state index contributed by atoms with van der Waals surface area (Å²) in [5.41, 5.74) is 1.96. The topological polar surface area (TPSA) is 45.2 Å². The van der Waals surface area contributed by atoms with Crippen LogP contribution in [0.5, 0.6) is 0 Å². The van der Waals surface area contributed by atoms with E-state index in [2.05, 4.69) is 52.1 Å². The summed E-state index contributed by atoms with van der Waals surface area (Å²) in [6, 6.07) is 8.69. The number of halogens is 1. The number of benzene rings is 1. The van der Waals surface area contributed by atoms with Gasteiger partial charge in [-0.1, -0.05) is 36.2 Å². The summed E-state index contributed by atoms with van der Waals surface area (Å²) in [6.07, 6.45) is 3.67. The third-order valence-corrected chi connectivity index (χ3v) is 5.27. The largest absolute Gasteiger partial charge is 0.309 e. The molecule has 1 saturated carbocycles. The van der Waals surface area contributed by atoms with E-state index in [0.717, 1.165) is 20.9 Å². The molecule has 2 aromatic rings. The lowest BCUT2D eigenvalue weighted by atomic mass is 9.92. The van der Waals surface area contributed by atoms with Crippen molar-refractivity contribution in [3.05, 3.63) is 34.3 Å². The smallest absolute Gasteiger partial charge is 0.239 e. The van der Waals surface area contributed by atoms with Gasteiger partial charge in [-0.15, -0.1) is 0 Å². The zero-order valence-electron chi connectivity index (χ0n) is 14.5. The molecule has 1 amide bonds. The van der Waals surface area contributed by atoms with Gasteiger partial charge in [0.2, 0.25) is 5.91 Å². The minimum atomic E-state index is 0.00950. The molecule has 1 aliphatic rings. The van der Waals surface area contributed by atoms with Crippen molar-refractivity contribution in [3.63, 3.8) is 0 Å². The van der Waals surface area contributed by atoms with Crippen molar-refractivity contribution in [2.45, 2.75) is 45.1 Å². The Bertz CT molecular complexity index is 756. The van der Waals surface area contributed by atoms with Crippen LogP contribution in [0.1, 0.15) is 44.6 Å². The van der Waals surface area contributed by atoms with Crippen LogP contribution >= 0.6 is 15.9 Å². The summed E-state index contributed by atoms with van der Waals surface area (Å²) < 4.78 is 1.03. The number of aromatic nitrogens is 1. The highest BCUT2D eigenvalue weighted by Gasteiger charge is 2.24. The van der Waals surface area contributed by atoms with Gasteiger partial charge >= 0.3 is 0 Å². The molecule has 4 nitrogen and oxygen atoms in total. The fourth-order valence-corrected chi connectivity index (χ4v) is 3.44. The van der Waals surface area contributed by atoms with Crippen LogP contribution in [-0.4, -0.2) is 35.4 Å². The number of amides is 1. The van der Waals surface area contributed by atoms with Gasteiger partial charge < -0.3 is 5.32 Å². The number of fused-ring (bicyclic) bond motifs is 1. The summed E-state index contributed by atoms with van der Waals surface area (Å²) >= 11 is 3.50. The van der Waals surface area contributed by atoms with Crippen LogP contribution in [0.3, 0.4) is 0 Å². The standard InChI is InChI=1S/C19H24BrN3O/c1-12(2)16-10-13-9-14(20)7-8-17(13)21-19(16)22-18(24)11-23(3)15-5-4-6-15/h7-10,12,15H,4-6,11H2,1-3H3,(H,21,22,24). The molecular formula is C19H24BrN3O. The molecule has 1 aliphatic carbocycles. The summed E-state index contributed by atoms with van der Waals surface area (Å²) in [5.74, 6) is 0.989. The predicted octanol–water partition coefficient (Wildman–Crippen LogP) is 4.54. The number of likely N-dealkylation sites (N-methyl/N-ethyl adjacent to an activating group) is 1. The number of anilines is 1. The van der Waals surface area contributed by atoms with Gasteiger partial charge in [0, 0.05) is 15.9 Å². The lowest BCUT2D eigenvalue weighted by Gasteiger charge is -2.34. The normalized spacial score (nSPS) is 15.1. The highest BCUT2D eigenvalue weighted by atomic mass is 79.9. The van der Waals surface area contributed by atoms with Crippen LogP contribution in [0.25, 0.3) is 10.9 Å². The van der Waals surface area contributed by atoms with E-state index in [1.165, 1.54) is 19.3 Å². The minimum absolute atomic E-state index is 0.00950. The van der Waals surface area contributed by atoms with Crippen LogP contribution in [-0.2, 0) is 4.79 Å². The molecule has 0 aliphatic heterocycles. The number of rotatable bonds is 5. The van der Waals surface area contributed by atoms with Crippen molar-refractivity contribution in [2.24, 2.45) is 0 Å². The molecule has 0 atom stereocenters. The maximum atomic E-state index is 12.4. The Hall–Kier alpha value is -1.46. The fourth-order valence-electron chi connectivity index (χ4n) is 3.06. The van der Waals surface area contributed by atoms with Gasteiger partial charge in [0.05, 0.1) is 12.1 Å². The van der Waals surface area contributed by atoms with Crippen LogP contribution in [0.2, 0.25) is 0 Å². The van der Waals surface area contributed by atoms with Crippen LogP contribution < -0.4 is 5.32 Å². The molecule has 0 bridgehead atoms. The average Bonchev–Trinajstić information content (AvgIpc) is 2.44. The Morgan fingerprint density at radius 2 is 2.12 bits per heavy atom. The number of hydrogen-bond donors (Lipinski definition) is 1. The van der Waals surface area contributed by atoms with Crippen molar-refractivity contribution in [3.8, 4) is 0 Å². The maximum Gasteiger partial charge on any atom is 0.239 e. The summed E-state index contributed by atoms with van der Waals surface area (Å²) in [6.45, 7) is 4.66. The molecule has 1 fully saturated rings. The van der Waals surface area contributed by atoms with E-state index in [0.29, 0.717) is 24.3 Å². The lowest BCUT2D eigenvalue weighted by molar-refractivity contribution is -0.117. The molecule has 1 N–H and O–H groups in total. The highest BCUT2D eigenvalue weighted by Crippen LogP contribution is 2.29. The zero-order chi connectivity index (χ0) is 17.3. The molecule has 1 aromatic heterocycles. The second-order valence-corrected chi connectivity index (χ2v) is 7.88. The molecular weight excluding hydrogens is 366 g/mol. The number of carbonyl (C=O) groups is 1. The van der Waals surface area contributed by atoms with E-state index in [9.17, 15) is 4.79 Å². The second kappa shape index (κ2) is 7.19.